The molecule has 0 aliphatic carbocycles. The van der Waals surface area contributed by atoms with E-state index in [0.29, 0.717) is 19.5 Å². The van der Waals surface area contributed by atoms with Gasteiger partial charge in [0.25, 0.3) is 0 Å². The second kappa shape index (κ2) is 6.74. The van der Waals surface area contributed by atoms with Crippen LogP contribution >= 0.6 is 0 Å². The van der Waals surface area contributed by atoms with Crippen molar-refractivity contribution >= 4 is 11.8 Å². The standard InChI is InChI=1S/C18H22N4O3/c23-17-10-14(11-20(17)13-16-5-2-9-25-16)18(24)22-8-1-4-15(22)12-21-7-3-6-19-21/h2-3,5-7,9,14-15H,1,4,8,10-13H2. The van der Waals surface area contributed by atoms with E-state index < -0.39 is 0 Å². The highest BCUT2D eigenvalue weighted by atomic mass is 16.3. The quantitative estimate of drug-likeness (QED) is 0.826. The summed E-state index contributed by atoms with van der Waals surface area (Å²) < 4.78 is 7.19. The molecule has 0 bridgehead atoms. The molecule has 2 aliphatic heterocycles. The van der Waals surface area contributed by atoms with Crippen molar-refractivity contribution in [3.63, 3.8) is 0 Å². The minimum absolute atomic E-state index is 0.0255. The zero-order chi connectivity index (χ0) is 17.2. The van der Waals surface area contributed by atoms with E-state index in [0.717, 1.165) is 31.7 Å². The van der Waals surface area contributed by atoms with Gasteiger partial charge in [-0.3, -0.25) is 14.3 Å². The van der Waals surface area contributed by atoms with Crippen molar-refractivity contribution < 1.29 is 14.0 Å². The molecular weight excluding hydrogens is 320 g/mol. The zero-order valence-electron chi connectivity index (χ0n) is 14.1. The molecule has 2 amide bonds. The molecule has 0 spiro atoms. The Morgan fingerprint density at radius 3 is 3.04 bits per heavy atom. The molecule has 2 aromatic heterocycles. The van der Waals surface area contributed by atoms with E-state index in [1.165, 1.54) is 0 Å². The lowest BCUT2D eigenvalue weighted by atomic mass is 10.1. The normalized spacial score (nSPS) is 23.6. The van der Waals surface area contributed by atoms with Gasteiger partial charge in [-0.2, -0.15) is 5.10 Å². The fourth-order valence-corrected chi connectivity index (χ4v) is 3.86. The lowest BCUT2D eigenvalue weighted by Gasteiger charge is -2.27. The Hall–Kier alpha value is -2.57. The predicted octanol–water partition coefficient (Wildman–Crippen LogP) is 1.52. The summed E-state index contributed by atoms with van der Waals surface area (Å²) >= 11 is 0. The van der Waals surface area contributed by atoms with Crippen LogP contribution in [0, 0.1) is 5.92 Å². The second-order valence-electron chi connectivity index (χ2n) is 6.81. The molecule has 7 nitrogen and oxygen atoms in total. The highest BCUT2D eigenvalue weighted by molar-refractivity contribution is 5.89. The van der Waals surface area contributed by atoms with Gasteiger partial charge in [-0.1, -0.05) is 0 Å². The third-order valence-corrected chi connectivity index (χ3v) is 5.11. The van der Waals surface area contributed by atoms with Crippen LogP contribution in [0.1, 0.15) is 25.0 Å². The predicted molar refractivity (Wildman–Crippen MR) is 89.2 cm³/mol. The lowest BCUT2D eigenvalue weighted by Crippen LogP contribution is -2.42. The Labute approximate surface area is 146 Å². The summed E-state index contributed by atoms with van der Waals surface area (Å²) in [6, 6.07) is 5.72. The molecule has 0 aromatic carbocycles. The molecule has 25 heavy (non-hydrogen) atoms. The van der Waals surface area contributed by atoms with Crippen LogP contribution in [0.2, 0.25) is 0 Å². The number of rotatable bonds is 5. The van der Waals surface area contributed by atoms with Crippen molar-refractivity contribution in [3.8, 4) is 0 Å². The number of hydrogen-bond donors (Lipinski definition) is 0. The molecule has 0 radical (unpaired) electrons. The van der Waals surface area contributed by atoms with Gasteiger partial charge < -0.3 is 14.2 Å². The third kappa shape index (κ3) is 3.31. The summed E-state index contributed by atoms with van der Waals surface area (Å²) in [7, 11) is 0. The Kier molecular flexibility index (Phi) is 4.29. The average Bonchev–Trinajstić information content (AvgIpc) is 3.37. The molecule has 2 unspecified atom stereocenters. The molecule has 0 saturated carbocycles. The van der Waals surface area contributed by atoms with Gasteiger partial charge in [-0.15, -0.1) is 0 Å². The topological polar surface area (TPSA) is 71.6 Å². The monoisotopic (exact) mass is 342 g/mol. The molecular formula is C18H22N4O3. The lowest BCUT2D eigenvalue weighted by molar-refractivity contribution is -0.136. The first kappa shape index (κ1) is 15.9. The number of furan rings is 1. The van der Waals surface area contributed by atoms with E-state index in [1.807, 2.05) is 34.0 Å². The van der Waals surface area contributed by atoms with E-state index in [-0.39, 0.29) is 23.8 Å². The molecule has 2 aliphatic rings. The third-order valence-electron chi connectivity index (χ3n) is 5.11. The SMILES string of the molecule is O=C1CC(C(=O)N2CCCC2Cn2cccn2)CN1Cc1ccco1. The van der Waals surface area contributed by atoms with Crippen molar-refractivity contribution in [1.82, 2.24) is 19.6 Å². The first-order valence-electron chi connectivity index (χ1n) is 8.79. The van der Waals surface area contributed by atoms with Crippen LogP contribution in [0.15, 0.2) is 41.3 Å². The highest BCUT2D eigenvalue weighted by Crippen LogP contribution is 2.27. The van der Waals surface area contributed by atoms with Gasteiger partial charge in [0.2, 0.25) is 11.8 Å². The number of carbonyl (C=O) groups is 2. The summed E-state index contributed by atoms with van der Waals surface area (Å²) in [5.41, 5.74) is 0. The number of carbonyl (C=O) groups excluding carboxylic acids is 2. The van der Waals surface area contributed by atoms with Crippen LogP contribution in [0.4, 0.5) is 0 Å². The van der Waals surface area contributed by atoms with Crippen LogP contribution in [-0.4, -0.2) is 50.5 Å². The first-order valence-corrected chi connectivity index (χ1v) is 8.79. The van der Waals surface area contributed by atoms with Gasteiger partial charge in [0.1, 0.15) is 5.76 Å². The Bertz CT molecular complexity index is 726. The van der Waals surface area contributed by atoms with Gasteiger partial charge in [0, 0.05) is 31.9 Å². The maximum Gasteiger partial charge on any atom is 0.228 e. The summed E-state index contributed by atoms with van der Waals surface area (Å²) in [6.07, 6.45) is 7.57. The van der Waals surface area contributed by atoms with Crippen LogP contribution in [0.5, 0.6) is 0 Å². The fraction of sp³-hybridized carbons (Fsp3) is 0.500. The zero-order valence-corrected chi connectivity index (χ0v) is 14.1. The van der Waals surface area contributed by atoms with Crippen molar-refractivity contribution in [2.75, 3.05) is 13.1 Å². The Balaban J connectivity index is 1.39. The van der Waals surface area contributed by atoms with E-state index >= 15 is 0 Å². The van der Waals surface area contributed by atoms with Crippen LogP contribution in [0.3, 0.4) is 0 Å². The fourth-order valence-electron chi connectivity index (χ4n) is 3.86. The summed E-state index contributed by atoms with van der Waals surface area (Å²) in [5, 5.41) is 4.24. The molecule has 132 valence electrons. The van der Waals surface area contributed by atoms with E-state index in [4.69, 9.17) is 4.42 Å². The van der Waals surface area contributed by atoms with Crippen LogP contribution in [-0.2, 0) is 22.7 Å². The summed E-state index contributed by atoms with van der Waals surface area (Å²) in [4.78, 5) is 28.9. The van der Waals surface area contributed by atoms with Gasteiger partial charge in [-0.05, 0) is 31.0 Å². The molecule has 0 N–H and O–H groups in total. The summed E-state index contributed by atoms with van der Waals surface area (Å²) in [5.74, 6) is 0.627. The van der Waals surface area contributed by atoms with Crippen molar-refractivity contribution in [2.24, 2.45) is 5.92 Å². The Morgan fingerprint density at radius 2 is 2.28 bits per heavy atom. The van der Waals surface area contributed by atoms with Crippen molar-refractivity contribution in [3.05, 3.63) is 42.6 Å². The van der Waals surface area contributed by atoms with Crippen molar-refractivity contribution in [1.29, 1.82) is 0 Å². The molecule has 2 aromatic rings. The van der Waals surface area contributed by atoms with Gasteiger partial charge in [0.05, 0.1) is 31.3 Å². The minimum Gasteiger partial charge on any atom is -0.467 e. The molecule has 7 heteroatoms. The Morgan fingerprint density at radius 1 is 1.36 bits per heavy atom. The van der Waals surface area contributed by atoms with Gasteiger partial charge in [0.15, 0.2) is 0 Å². The smallest absolute Gasteiger partial charge is 0.228 e. The molecule has 2 atom stereocenters. The number of nitrogens with zero attached hydrogens (tertiary/aromatic N) is 4. The number of likely N-dealkylation sites (tertiary alicyclic amines) is 2. The summed E-state index contributed by atoms with van der Waals surface area (Å²) in [6.45, 7) is 2.40. The van der Waals surface area contributed by atoms with Gasteiger partial charge >= 0.3 is 0 Å². The van der Waals surface area contributed by atoms with Crippen LogP contribution in [0.25, 0.3) is 0 Å². The maximum atomic E-state index is 13.0. The van der Waals surface area contributed by atoms with Crippen LogP contribution < -0.4 is 0 Å². The second-order valence-corrected chi connectivity index (χ2v) is 6.81. The number of amides is 2. The van der Waals surface area contributed by atoms with Gasteiger partial charge in [-0.25, -0.2) is 0 Å². The minimum atomic E-state index is -0.249. The highest BCUT2D eigenvalue weighted by Gasteiger charge is 2.40. The number of aromatic nitrogens is 2. The van der Waals surface area contributed by atoms with E-state index in [1.54, 1.807) is 17.4 Å². The first-order chi connectivity index (χ1) is 12.2. The molecule has 4 heterocycles. The molecule has 2 fully saturated rings. The largest absolute Gasteiger partial charge is 0.467 e. The van der Waals surface area contributed by atoms with E-state index in [9.17, 15) is 9.59 Å². The number of hydrogen-bond acceptors (Lipinski definition) is 4. The maximum absolute atomic E-state index is 13.0. The molecule has 2 saturated heterocycles. The van der Waals surface area contributed by atoms with E-state index in [2.05, 4.69) is 5.10 Å². The molecule has 4 rings (SSSR count). The van der Waals surface area contributed by atoms with Crippen molar-refractivity contribution in [2.45, 2.75) is 38.4 Å². The average molecular weight is 342 g/mol.